The van der Waals surface area contributed by atoms with E-state index in [9.17, 15) is 9.59 Å². The van der Waals surface area contributed by atoms with Crippen molar-refractivity contribution >= 4 is 17.7 Å². The fourth-order valence-electron chi connectivity index (χ4n) is 4.81. The SMILES string of the molecule is NC(=O)OCc1ccc(-c2cnc([C@@H]3CCc4cc(-c5cc(Cl)ccc5-n5cnnn5)cc(=O)n43)[nH]2)cc1. The van der Waals surface area contributed by atoms with Crippen LogP contribution < -0.4 is 11.3 Å². The van der Waals surface area contributed by atoms with Crippen LogP contribution in [0.2, 0.25) is 5.02 Å². The van der Waals surface area contributed by atoms with Gasteiger partial charge in [-0.15, -0.1) is 5.10 Å². The summed E-state index contributed by atoms with van der Waals surface area (Å²) in [5, 5.41) is 12.0. The molecule has 5 aromatic rings. The molecule has 0 saturated carbocycles. The Morgan fingerprint density at radius 1 is 1.13 bits per heavy atom. The standard InChI is InChI=1S/C26H21ClN8O3/c27-18-5-7-22(34-14-30-32-33-34)20(11-18)17-9-19-6-8-23(35(19)24(36)10-17)25-29-12-21(31-25)16-3-1-15(2-4-16)13-38-26(28)37/h1-5,7,9-12,14,23H,6,8,13H2,(H2,28,37)(H,29,31)/t23-/m0/s1. The average Bonchev–Trinajstić information content (AvgIpc) is 3.68. The molecule has 0 spiro atoms. The molecule has 3 aromatic heterocycles. The molecule has 0 radical (unpaired) electrons. The first-order valence-electron chi connectivity index (χ1n) is 11.8. The Hall–Kier alpha value is -4.77. The van der Waals surface area contributed by atoms with Gasteiger partial charge in [-0.3, -0.25) is 4.79 Å². The van der Waals surface area contributed by atoms with Gasteiger partial charge in [-0.25, -0.2) is 9.78 Å². The largest absolute Gasteiger partial charge is 0.445 e. The second kappa shape index (κ2) is 9.60. The number of primary amides is 1. The number of nitrogens with one attached hydrogen (secondary N) is 1. The maximum absolute atomic E-state index is 13.4. The first-order valence-corrected chi connectivity index (χ1v) is 12.2. The maximum atomic E-state index is 13.4. The van der Waals surface area contributed by atoms with E-state index in [1.807, 2.05) is 36.4 Å². The zero-order chi connectivity index (χ0) is 26.2. The number of aromatic amines is 1. The molecule has 6 rings (SSSR count). The summed E-state index contributed by atoms with van der Waals surface area (Å²) < 4.78 is 8.16. The third kappa shape index (κ3) is 4.43. The number of imidazole rings is 1. The smallest absolute Gasteiger partial charge is 0.404 e. The summed E-state index contributed by atoms with van der Waals surface area (Å²) in [6.45, 7) is 0.111. The van der Waals surface area contributed by atoms with Crippen molar-refractivity contribution in [3.63, 3.8) is 0 Å². The second-order valence-corrected chi connectivity index (χ2v) is 9.34. The van der Waals surface area contributed by atoms with Crippen LogP contribution >= 0.6 is 11.6 Å². The monoisotopic (exact) mass is 528 g/mol. The molecular weight excluding hydrogens is 508 g/mol. The molecule has 0 unspecified atom stereocenters. The van der Waals surface area contributed by atoms with E-state index in [4.69, 9.17) is 22.1 Å². The Bertz CT molecular complexity index is 1690. The zero-order valence-electron chi connectivity index (χ0n) is 19.9. The molecule has 4 heterocycles. The minimum Gasteiger partial charge on any atom is -0.445 e. The highest BCUT2D eigenvalue weighted by Crippen LogP contribution is 2.34. The number of hydrogen-bond acceptors (Lipinski definition) is 7. The molecule has 12 heteroatoms. The molecule has 38 heavy (non-hydrogen) atoms. The van der Waals surface area contributed by atoms with E-state index < -0.39 is 6.09 Å². The summed E-state index contributed by atoms with van der Waals surface area (Å²) in [7, 11) is 0. The van der Waals surface area contributed by atoms with Crippen molar-refractivity contribution in [1.82, 2.24) is 34.7 Å². The van der Waals surface area contributed by atoms with E-state index in [1.165, 1.54) is 6.33 Å². The molecule has 11 nitrogen and oxygen atoms in total. The number of pyridine rings is 1. The zero-order valence-corrected chi connectivity index (χ0v) is 20.7. The molecule has 0 bridgehead atoms. The van der Waals surface area contributed by atoms with Crippen molar-refractivity contribution in [1.29, 1.82) is 0 Å². The fraction of sp³-hybridized carbons (Fsp3) is 0.154. The lowest BCUT2D eigenvalue weighted by atomic mass is 10.0. The van der Waals surface area contributed by atoms with Crippen LogP contribution in [0.1, 0.15) is 29.5 Å². The molecule has 0 saturated heterocycles. The number of H-pyrrole nitrogens is 1. The van der Waals surface area contributed by atoms with E-state index in [2.05, 4.69) is 25.5 Å². The normalized spacial score (nSPS) is 14.4. The van der Waals surface area contributed by atoms with E-state index in [0.29, 0.717) is 10.8 Å². The van der Waals surface area contributed by atoms with Crippen molar-refractivity contribution in [2.75, 3.05) is 0 Å². The summed E-state index contributed by atoms with van der Waals surface area (Å²) in [4.78, 5) is 32.2. The molecule has 1 atom stereocenters. The first kappa shape index (κ1) is 23.6. The lowest BCUT2D eigenvalue weighted by Gasteiger charge is -2.15. The van der Waals surface area contributed by atoms with Crippen LogP contribution in [0, 0.1) is 0 Å². The summed E-state index contributed by atoms with van der Waals surface area (Å²) in [6.07, 6.45) is 3.90. The van der Waals surface area contributed by atoms with Crippen molar-refractivity contribution < 1.29 is 9.53 Å². The molecule has 1 aliphatic heterocycles. The number of tetrazole rings is 1. The van der Waals surface area contributed by atoms with Gasteiger partial charge in [-0.05, 0) is 64.2 Å². The van der Waals surface area contributed by atoms with Gasteiger partial charge in [0.2, 0.25) is 0 Å². The van der Waals surface area contributed by atoms with Crippen LogP contribution in [0.3, 0.4) is 0 Å². The Labute approximate surface area is 220 Å². The third-order valence-corrected chi connectivity index (χ3v) is 6.79. The number of carbonyl (C=O) groups excluding carboxylic acids is 1. The van der Waals surface area contributed by atoms with Crippen molar-refractivity contribution in [2.45, 2.75) is 25.5 Å². The highest BCUT2D eigenvalue weighted by atomic mass is 35.5. The molecular formula is C26H21ClN8O3. The average molecular weight is 529 g/mol. The summed E-state index contributed by atoms with van der Waals surface area (Å²) in [6, 6.07) is 16.3. The van der Waals surface area contributed by atoms with Crippen molar-refractivity contribution in [3.8, 4) is 28.1 Å². The number of aromatic nitrogens is 7. The molecule has 0 fully saturated rings. The second-order valence-electron chi connectivity index (χ2n) is 8.90. The molecule has 1 amide bonds. The third-order valence-electron chi connectivity index (χ3n) is 6.56. The number of fused-ring (bicyclic) bond motifs is 1. The van der Waals surface area contributed by atoms with E-state index in [-0.39, 0.29) is 18.2 Å². The Kier molecular flexibility index (Phi) is 5.97. The van der Waals surface area contributed by atoms with E-state index in [1.54, 1.807) is 33.6 Å². The lowest BCUT2D eigenvalue weighted by molar-refractivity contribution is 0.150. The number of halogens is 1. The highest BCUT2D eigenvalue weighted by Gasteiger charge is 2.28. The van der Waals surface area contributed by atoms with Gasteiger partial charge in [-0.2, -0.15) is 4.68 Å². The van der Waals surface area contributed by atoms with Crippen LogP contribution in [0.5, 0.6) is 0 Å². The molecule has 1 aliphatic rings. The number of ether oxygens (including phenoxy) is 1. The lowest BCUT2D eigenvalue weighted by Crippen LogP contribution is -2.23. The van der Waals surface area contributed by atoms with E-state index >= 15 is 0 Å². The number of aryl methyl sites for hydroxylation is 1. The van der Waals surface area contributed by atoms with Crippen LogP contribution in [-0.4, -0.2) is 40.8 Å². The van der Waals surface area contributed by atoms with Gasteiger partial charge < -0.3 is 20.0 Å². The number of nitrogens with two attached hydrogens (primary N) is 1. The van der Waals surface area contributed by atoms with Crippen LogP contribution in [-0.2, 0) is 17.8 Å². The number of carbonyl (C=O) groups is 1. The summed E-state index contributed by atoms with van der Waals surface area (Å²) in [5.74, 6) is 0.715. The molecule has 190 valence electrons. The van der Waals surface area contributed by atoms with Gasteiger partial charge in [0.25, 0.3) is 5.56 Å². The van der Waals surface area contributed by atoms with Crippen molar-refractivity contribution in [2.24, 2.45) is 5.73 Å². The van der Waals surface area contributed by atoms with Gasteiger partial charge in [0, 0.05) is 22.3 Å². The number of hydrogen-bond donors (Lipinski definition) is 2. The Morgan fingerprint density at radius 2 is 1.97 bits per heavy atom. The molecule has 2 aromatic carbocycles. The minimum atomic E-state index is -0.813. The number of benzene rings is 2. The number of nitrogens with zero attached hydrogens (tertiary/aromatic N) is 6. The number of amides is 1. The van der Waals surface area contributed by atoms with Crippen LogP contribution in [0.15, 0.2) is 71.9 Å². The summed E-state index contributed by atoms with van der Waals surface area (Å²) in [5.41, 5.74) is 10.6. The van der Waals surface area contributed by atoms with Gasteiger partial charge in [0.05, 0.1) is 23.6 Å². The quantitative estimate of drug-likeness (QED) is 0.342. The highest BCUT2D eigenvalue weighted by molar-refractivity contribution is 6.31. The van der Waals surface area contributed by atoms with E-state index in [0.717, 1.165) is 52.2 Å². The number of rotatable bonds is 6. The van der Waals surface area contributed by atoms with Gasteiger partial charge in [-0.1, -0.05) is 35.9 Å². The molecule has 3 N–H and O–H groups in total. The predicted molar refractivity (Wildman–Crippen MR) is 139 cm³/mol. The van der Waals surface area contributed by atoms with Crippen LogP contribution in [0.4, 0.5) is 4.79 Å². The Balaban J connectivity index is 1.29. The van der Waals surface area contributed by atoms with Crippen molar-refractivity contribution in [3.05, 3.63) is 99.6 Å². The van der Waals surface area contributed by atoms with Crippen LogP contribution in [0.25, 0.3) is 28.1 Å². The summed E-state index contributed by atoms with van der Waals surface area (Å²) >= 11 is 6.30. The first-order chi connectivity index (χ1) is 18.5. The minimum absolute atomic E-state index is 0.111. The Morgan fingerprint density at radius 3 is 2.74 bits per heavy atom. The molecule has 0 aliphatic carbocycles. The van der Waals surface area contributed by atoms with Gasteiger partial charge in [0.15, 0.2) is 0 Å². The predicted octanol–water partition coefficient (Wildman–Crippen LogP) is 3.67. The topological polar surface area (TPSA) is 147 Å². The fourth-order valence-corrected chi connectivity index (χ4v) is 4.98. The maximum Gasteiger partial charge on any atom is 0.404 e. The van der Waals surface area contributed by atoms with Gasteiger partial charge in [0.1, 0.15) is 18.8 Å². The van der Waals surface area contributed by atoms with Gasteiger partial charge >= 0.3 is 6.09 Å².